The second kappa shape index (κ2) is 11.4. The van der Waals surface area contributed by atoms with Crippen molar-refractivity contribution in [2.75, 3.05) is 39.1 Å². The highest BCUT2D eigenvalue weighted by molar-refractivity contribution is 5.79. The summed E-state index contributed by atoms with van der Waals surface area (Å²) in [6.07, 6.45) is 0. The van der Waals surface area contributed by atoms with Gasteiger partial charge >= 0.3 is 11.9 Å². The van der Waals surface area contributed by atoms with E-state index in [1.165, 1.54) is 5.56 Å². The predicted octanol–water partition coefficient (Wildman–Crippen LogP) is 1.24. The SMILES string of the molecule is Cc1ccc(C)c(N[C@@H](C)C(=O)OCCN(C)C)c1.NCC(=O)O. The summed E-state index contributed by atoms with van der Waals surface area (Å²) in [6, 6.07) is 5.80. The second-order valence-corrected chi connectivity index (χ2v) is 5.75. The molecule has 0 aliphatic heterocycles. The van der Waals surface area contributed by atoms with Gasteiger partial charge in [0.25, 0.3) is 0 Å². The first kappa shape index (κ1) is 21.9. The Morgan fingerprint density at radius 3 is 2.42 bits per heavy atom. The number of carboxylic acids is 1. The first-order valence-corrected chi connectivity index (χ1v) is 7.74. The molecule has 0 radical (unpaired) electrons. The predicted molar refractivity (Wildman–Crippen MR) is 95.2 cm³/mol. The minimum atomic E-state index is -0.968. The molecule has 4 N–H and O–H groups in total. The Labute approximate surface area is 143 Å². The third kappa shape index (κ3) is 9.81. The molecule has 0 spiro atoms. The maximum absolute atomic E-state index is 11.8. The van der Waals surface area contributed by atoms with Crippen molar-refractivity contribution in [1.82, 2.24) is 4.90 Å². The van der Waals surface area contributed by atoms with Crippen molar-refractivity contribution in [2.24, 2.45) is 5.73 Å². The van der Waals surface area contributed by atoms with Crippen LogP contribution in [0, 0.1) is 13.8 Å². The molecule has 0 saturated carbocycles. The van der Waals surface area contributed by atoms with Crippen LogP contribution < -0.4 is 11.1 Å². The normalized spacial score (nSPS) is 11.3. The van der Waals surface area contributed by atoms with E-state index in [4.69, 9.17) is 9.84 Å². The van der Waals surface area contributed by atoms with E-state index in [1.807, 2.05) is 51.9 Å². The zero-order valence-corrected chi connectivity index (χ0v) is 15.1. The third-order valence-electron chi connectivity index (χ3n) is 3.08. The quantitative estimate of drug-likeness (QED) is 0.642. The van der Waals surface area contributed by atoms with Gasteiger partial charge in [0.15, 0.2) is 0 Å². The molecule has 7 heteroatoms. The molecule has 0 unspecified atom stereocenters. The van der Waals surface area contributed by atoms with Crippen LogP contribution in [0.3, 0.4) is 0 Å². The number of hydrogen-bond acceptors (Lipinski definition) is 6. The number of likely N-dealkylation sites (N-methyl/N-ethyl adjacent to an activating group) is 1. The molecule has 0 bridgehead atoms. The molecule has 0 aliphatic carbocycles. The Kier molecular flexibility index (Phi) is 10.4. The molecule has 1 aromatic carbocycles. The number of benzene rings is 1. The molecule has 1 rings (SSSR count). The summed E-state index contributed by atoms with van der Waals surface area (Å²) in [7, 11) is 3.90. The smallest absolute Gasteiger partial charge is 0.328 e. The van der Waals surface area contributed by atoms with E-state index in [-0.39, 0.29) is 18.6 Å². The minimum absolute atomic E-state index is 0.220. The number of nitrogens with one attached hydrogen (secondary N) is 1. The van der Waals surface area contributed by atoms with Crippen molar-refractivity contribution in [3.8, 4) is 0 Å². The highest BCUT2D eigenvalue weighted by Gasteiger charge is 2.15. The van der Waals surface area contributed by atoms with Crippen LogP contribution in [0.2, 0.25) is 0 Å². The number of anilines is 1. The summed E-state index contributed by atoms with van der Waals surface area (Å²) in [5, 5.41) is 10.8. The molecule has 7 nitrogen and oxygen atoms in total. The van der Waals surface area contributed by atoms with Crippen LogP contribution in [0.4, 0.5) is 5.69 Å². The molecule has 24 heavy (non-hydrogen) atoms. The standard InChI is InChI=1S/C15H24N2O2.C2H5NO2/c1-11-6-7-12(2)14(10-11)16-13(3)15(18)19-9-8-17(4)5;3-1-2(4)5/h6-7,10,13,16H,8-9H2,1-5H3;1,3H2,(H,4,5)/t13-;/m0./s1. The second-order valence-electron chi connectivity index (χ2n) is 5.75. The summed E-state index contributed by atoms with van der Waals surface area (Å²) < 4.78 is 5.21. The first-order chi connectivity index (χ1) is 11.2. The van der Waals surface area contributed by atoms with E-state index >= 15 is 0 Å². The number of hydrogen-bond donors (Lipinski definition) is 3. The van der Waals surface area contributed by atoms with E-state index in [9.17, 15) is 9.59 Å². The lowest BCUT2D eigenvalue weighted by Crippen LogP contribution is -2.30. The van der Waals surface area contributed by atoms with Gasteiger partial charge in [-0.1, -0.05) is 12.1 Å². The summed E-state index contributed by atoms with van der Waals surface area (Å²) in [6.45, 7) is 6.75. The fraction of sp³-hybridized carbons (Fsp3) is 0.529. The monoisotopic (exact) mass is 339 g/mol. The molecular weight excluding hydrogens is 310 g/mol. The van der Waals surface area contributed by atoms with Gasteiger partial charge in [0.1, 0.15) is 12.6 Å². The van der Waals surface area contributed by atoms with Crippen molar-refractivity contribution in [3.63, 3.8) is 0 Å². The van der Waals surface area contributed by atoms with Crippen LogP contribution in [0.5, 0.6) is 0 Å². The van der Waals surface area contributed by atoms with Crippen molar-refractivity contribution in [2.45, 2.75) is 26.8 Å². The molecule has 1 aromatic rings. The van der Waals surface area contributed by atoms with Crippen molar-refractivity contribution < 1.29 is 19.4 Å². The highest BCUT2D eigenvalue weighted by Crippen LogP contribution is 2.17. The lowest BCUT2D eigenvalue weighted by atomic mass is 10.1. The van der Waals surface area contributed by atoms with Crippen LogP contribution >= 0.6 is 0 Å². The average molecular weight is 339 g/mol. The zero-order chi connectivity index (χ0) is 18.7. The van der Waals surface area contributed by atoms with Gasteiger partial charge in [0.2, 0.25) is 0 Å². The number of ether oxygens (including phenoxy) is 1. The van der Waals surface area contributed by atoms with Crippen molar-refractivity contribution >= 4 is 17.6 Å². The Hall–Kier alpha value is -2.12. The Balaban J connectivity index is 0.000000922. The lowest BCUT2D eigenvalue weighted by Gasteiger charge is -2.17. The molecule has 0 aromatic heterocycles. The van der Waals surface area contributed by atoms with E-state index in [1.54, 1.807) is 0 Å². The Bertz CT molecular complexity index is 533. The molecule has 1 atom stereocenters. The summed E-state index contributed by atoms with van der Waals surface area (Å²) in [5.74, 6) is -1.19. The highest BCUT2D eigenvalue weighted by atomic mass is 16.5. The molecule has 0 aliphatic rings. The summed E-state index contributed by atoms with van der Waals surface area (Å²) in [4.78, 5) is 23.0. The number of nitrogens with zero attached hydrogens (tertiary/aromatic N) is 1. The Morgan fingerprint density at radius 2 is 1.92 bits per heavy atom. The van der Waals surface area contributed by atoms with Gasteiger partial charge < -0.3 is 25.8 Å². The van der Waals surface area contributed by atoms with E-state index in [2.05, 4.69) is 17.1 Å². The molecular formula is C17H29N3O4. The molecule has 0 heterocycles. The van der Waals surface area contributed by atoms with Gasteiger partial charge in [0.05, 0.1) is 6.54 Å². The third-order valence-corrected chi connectivity index (χ3v) is 3.08. The van der Waals surface area contributed by atoms with E-state index in [0.717, 1.165) is 17.8 Å². The lowest BCUT2D eigenvalue weighted by molar-refractivity contribution is -0.144. The summed E-state index contributed by atoms with van der Waals surface area (Å²) in [5.41, 5.74) is 7.85. The van der Waals surface area contributed by atoms with Gasteiger partial charge in [-0.15, -0.1) is 0 Å². The zero-order valence-electron chi connectivity index (χ0n) is 15.1. The van der Waals surface area contributed by atoms with Gasteiger partial charge in [-0.25, -0.2) is 4.79 Å². The maximum atomic E-state index is 11.8. The minimum Gasteiger partial charge on any atom is -0.480 e. The molecule has 0 amide bonds. The van der Waals surface area contributed by atoms with E-state index in [0.29, 0.717) is 6.61 Å². The van der Waals surface area contributed by atoms with Gasteiger partial charge in [-0.2, -0.15) is 0 Å². The van der Waals surface area contributed by atoms with Crippen LogP contribution in [0.15, 0.2) is 18.2 Å². The van der Waals surface area contributed by atoms with Gasteiger partial charge in [0, 0.05) is 12.2 Å². The van der Waals surface area contributed by atoms with E-state index < -0.39 is 5.97 Å². The topological polar surface area (TPSA) is 105 Å². The average Bonchev–Trinajstić information content (AvgIpc) is 2.50. The number of carboxylic acid groups (broad SMARTS) is 1. The molecule has 136 valence electrons. The molecule has 0 fully saturated rings. The van der Waals surface area contributed by atoms with Gasteiger partial charge in [-0.3, -0.25) is 4.79 Å². The fourth-order valence-corrected chi connectivity index (χ4v) is 1.64. The Morgan fingerprint density at radius 1 is 1.33 bits per heavy atom. The number of aryl methyl sites for hydroxylation is 2. The largest absolute Gasteiger partial charge is 0.480 e. The molecule has 0 saturated heterocycles. The maximum Gasteiger partial charge on any atom is 0.328 e. The van der Waals surface area contributed by atoms with Crippen LogP contribution in [0.25, 0.3) is 0 Å². The fourth-order valence-electron chi connectivity index (χ4n) is 1.64. The van der Waals surface area contributed by atoms with Crippen molar-refractivity contribution in [1.29, 1.82) is 0 Å². The van der Waals surface area contributed by atoms with Crippen LogP contribution in [0.1, 0.15) is 18.1 Å². The summed E-state index contributed by atoms with van der Waals surface area (Å²) >= 11 is 0. The van der Waals surface area contributed by atoms with Crippen LogP contribution in [-0.4, -0.2) is 61.8 Å². The van der Waals surface area contributed by atoms with Gasteiger partial charge in [-0.05, 0) is 52.1 Å². The number of carbonyl (C=O) groups is 2. The number of nitrogens with two attached hydrogens (primary N) is 1. The van der Waals surface area contributed by atoms with Crippen LogP contribution in [-0.2, 0) is 14.3 Å². The number of rotatable bonds is 7. The van der Waals surface area contributed by atoms with Crippen molar-refractivity contribution in [3.05, 3.63) is 29.3 Å². The number of esters is 1. The first-order valence-electron chi connectivity index (χ1n) is 7.74. The number of aliphatic carboxylic acids is 1. The number of carbonyl (C=O) groups excluding carboxylic acids is 1.